The fourth-order valence-corrected chi connectivity index (χ4v) is 2.91. The van der Waals surface area contributed by atoms with Gasteiger partial charge in [0.05, 0.1) is 0 Å². The van der Waals surface area contributed by atoms with Gasteiger partial charge in [0.15, 0.2) is 0 Å². The van der Waals surface area contributed by atoms with E-state index in [1.807, 2.05) is 0 Å². The highest BCUT2D eigenvalue weighted by Crippen LogP contribution is 2.25. The number of hydrogen-bond donors (Lipinski definition) is 1. The lowest BCUT2D eigenvalue weighted by atomic mass is 10.1. The van der Waals surface area contributed by atoms with E-state index >= 15 is 0 Å². The van der Waals surface area contributed by atoms with Gasteiger partial charge in [-0.3, -0.25) is 4.90 Å². The van der Waals surface area contributed by atoms with Gasteiger partial charge in [-0.2, -0.15) is 0 Å². The zero-order valence-electron chi connectivity index (χ0n) is 10.5. The maximum Gasteiger partial charge on any atom is 0.0221 e. The van der Waals surface area contributed by atoms with Gasteiger partial charge in [-0.25, -0.2) is 0 Å². The molecule has 0 aliphatic heterocycles. The maximum atomic E-state index is 5.92. The first-order valence-corrected chi connectivity index (χ1v) is 6.79. The van der Waals surface area contributed by atoms with Crippen molar-refractivity contribution in [2.24, 2.45) is 5.73 Å². The summed E-state index contributed by atoms with van der Waals surface area (Å²) in [5.74, 6) is 0. The normalized spacial score (nSPS) is 20.0. The highest BCUT2D eigenvalue weighted by atomic mass is 15.2. The molecule has 2 nitrogen and oxygen atoms in total. The SMILES string of the molecule is CCCCC(CN)N(CC)C1CCCC1. The third-order valence-electron chi connectivity index (χ3n) is 3.79. The van der Waals surface area contributed by atoms with Crippen molar-refractivity contribution in [3.05, 3.63) is 0 Å². The van der Waals surface area contributed by atoms with E-state index in [0.717, 1.165) is 12.6 Å². The summed E-state index contributed by atoms with van der Waals surface area (Å²) < 4.78 is 0. The molecule has 2 heteroatoms. The van der Waals surface area contributed by atoms with E-state index < -0.39 is 0 Å². The molecule has 1 unspecified atom stereocenters. The summed E-state index contributed by atoms with van der Waals surface area (Å²) in [6.45, 7) is 6.56. The molecule has 0 heterocycles. The predicted octanol–water partition coefficient (Wildman–Crippen LogP) is 2.77. The van der Waals surface area contributed by atoms with E-state index in [0.29, 0.717) is 6.04 Å². The lowest BCUT2D eigenvalue weighted by Gasteiger charge is -2.35. The van der Waals surface area contributed by atoms with E-state index in [1.165, 1.54) is 51.5 Å². The first-order chi connectivity index (χ1) is 7.33. The average molecular weight is 212 g/mol. The second-order valence-corrected chi connectivity index (χ2v) is 4.80. The summed E-state index contributed by atoms with van der Waals surface area (Å²) in [7, 11) is 0. The molecular formula is C13H28N2. The van der Waals surface area contributed by atoms with Crippen LogP contribution in [0.15, 0.2) is 0 Å². The minimum Gasteiger partial charge on any atom is -0.329 e. The summed E-state index contributed by atoms with van der Waals surface area (Å²) in [6, 6.07) is 1.47. The molecule has 1 aliphatic carbocycles. The molecule has 0 amide bonds. The second-order valence-electron chi connectivity index (χ2n) is 4.80. The number of nitrogens with two attached hydrogens (primary N) is 1. The van der Waals surface area contributed by atoms with Gasteiger partial charge >= 0.3 is 0 Å². The Morgan fingerprint density at radius 3 is 2.40 bits per heavy atom. The molecule has 1 fully saturated rings. The largest absolute Gasteiger partial charge is 0.329 e. The molecule has 0 radical (unpaired) electrons. The Hall–Kier alpha value is -0.0800. The van der Waals surface area contributed by atoms with Crippen LogP contribution in [0.25, 0.3) is 0 Å². The third-order valence-corrected chi connectivity index (χ3v) is 3.79. The van der Waals surface area contributed by atoms with E-state index in [-0.39, 0.29) is 0 Å². The highest BCUT2D eigenvalue weighted by Gasteiger charge is 2.26. The topological polar surface area (TPSA) is 29.3 Å². The van der Waals surface area contributed by atoms with Crippen LogP contribution in [0.3, 0.4) is 0 Å². The Morgan fingerprint density at radius 2 is 1.93 bits per heavy atom. The van der Waals surface area contributed by atoms with Gasteiger partial charge in [0.25, 0.3) is 0 Å². The minimum absolute atomic E-state index is 0.637. The Balaban J connectivity index is 2.44. The lowest BCUT2D eigenvalue weighted by molar-refractivity contribution is 0.138. The highest BCUT2D eigenvalue weighted by molar-refractivity contribution is 4.82. The molecule has 0 aromatic carbocycles. The van der Waals surface area contributed by atoms with Gasteiger partial charge in [0, 0.05) is 18.6 Å². The van der Waals surface area contributed by atoms with Crippen molar-refractivity contribution in [3.8, 4) is 0 Å². The van der Waals surface area contributed by atoms with Crippen LogP contribution in [-0.4, -0.2) is 30.1 Å². The van der Waals surface area contributed by atoms with Gasteiger partial charge < -0.3 is 5.73 Å². The molecule has 1 rings (SSSR count). The van der Waals surface area contributed by atoms with Gasteiger partial charge in [-0.05, 0) is 25.8 Å². The fraction of sp³-hybridized carbons (Fsp3) is 1.00. The summed E-state index contributed by atoms with van der Waals surface area (Å²) >= 11 is 0. The Kier molecular flexibility index (Phi) is 6.26. The second kappa shape index (κ2) is 7.24. The van der Waals surface area contributed by atoms with Crippen LogP contribution in [0.4, 0.5) is 0 Å². The van der Waals surface area contributed by atoms with Crippen LogP contribution in [0.1, 0.15) is 58.8 Å². The van der Waals surface area contributed by atoms with Crippen molar-refractivity contribution in [2.75, 3.05) is 13.1 Å². The van der Waals surface area contributed by atoms with Crippen LogP contribution < -0.4 is 5.73 Å². The molecule has 0 aromatic heterocycles. The monoisotopic (exact) mass is 212 g/mol. The molecule has 15 heavy (non-hydrogen) atoms. The first kappa shape index (κ1) is 13.0. The lowest BCUT2D eigenvalue weighted by Crippen LogP contribution is -2.45. The summed E-state index contributed by atoms with van der Waals surface area (Å²) in [6.07, 6.45) is 9.55. The van der Waals surface area contributed by atoms with Crippen molar-refractivity contribution >= 4 is 0 Å². The molecule has 1 saturated carbocycles. The molecule has 1 aliphatic rings. The predicted molar refractivity (Wildman–Crippen MR) is 67.0 cm³/mol. The van der Waals surface area contributed by atoms with E-state index in [1.54, 1.807) is 0 Å². The van der Waals surface area contributed by atoms with Gasteiger partial charge in [0.1, 0.15) is 0 Å². The van der Waals surface area contributed by atoms with Crippen molar-refractivity contribution < 1.29 is 0 Å². The van der Waals surface area contributed by atoms with E-state index in [9.17, 15) is 0 Å². The van der Waals surface area contributed by atoms with Crippen molar-refractivity contribution in [2.45, 2.75) is 70.9 Å². The zero-order chi connectivity index (χ0) is 11.1. The number of nitrogens with zero attached hydrogens (tertiary/aromatic N) is 1. The standard InChI is InChI=1S/C13H28N2/c1-3-5-8-13(11-14)15(4-2)12-9-6-7-10-12/h12-13H,3-11,14H2,1-2H3. The van der Waals surface area contributed by atoms with Gasteiger partial charge in [-0.1, -0.05) is 39.5 Å². The van der Waals surface area contributed by atoms with Crippen LogP contribution in [0, 0.1) is 0 Å². The molecule has 0 aromatic rings. The first-order valence-electron chi connectivity index (χ1n) is 6.79. The maximum absolute atomic E-state index is 5.92. The smallest absolute Gasteiger partial charge is 0.0221 e. The Morgan fingerprint density at radius 1 is 1.27 bits per heavy atom. The van der Waals surface area contributed by atoms with E-state index in [2.05, 4.69) is 18.7 Å². The fourth-order valence-electron chi connectivity index (χ4n) is 2.91. The minimum atomic E-state index is 0.637. The van der Waals surface area contributed by atoms with Crippen molar-refractivity contribution in [1.82, 2.24) is 4.90 Å². The van der Waals surface area contributed by atoms with Crippen LogP contribution >= 0.6 is 0 Å². The molecule has 90 valence electrons. The molecule has 0 bridgehead atoms. The third kappa shape index (κ3) is 3.76. The van der Waals surface area contributed by atoms with Crippen LogP contribution in [0.5, 0.6) is 0 Å². The molecule has 1 atom stereocenters. The molecule has 0 spiro atoms. The molecular weight excluding hydrogens is 184 g/mol. The van der Waals surface area contributed by atoms with Crippen LogP contribution in [0.2, 0.25) is 0 Å². The number of likely N-dealkylation sites (N-methyl/N-ethyl adjacent to an activating group) is 1. The molecule has 0 saturated heterocycles. The summed E-state index contributed by atoms with van der Waals surface area (Å²) in [5.41, 5.74) is 5.92. The number of hydrogen-bond acceptors (Lipinski definition) is 2. The Bertz CT molecular complexity index is 153. The number of rotatable bonds is 7. The summed E-state index contributed by atoms with van der Waals surface area (Å²) in [5, 5.41) is 0. The zero-order valence-corrected chi connectivity index (χ0v) is 10.5. The van der Waals surface area contributed by atoms with Crippen molar-refractivity contribution in [1.29, 1.82) is 0 Å². The van der Waals surface area contributed by atoms with Gasteiger partial charge in [0.2, 0.25) is 0 Å². The number of unbranched alkanes of at least 4 members (excludes halogenated alkanes) is 1. The Labute approximate surface area is 95.2 Å². The van der Waals surface area contributed by atoms with Crippen molar-refractivity contribution in [3.63, 3.8) is 0 Å². The quantitative estimate of drug-likeness (QED) is 0.703. The van der Waals surface area contributed by atoms with Crippen LogP contribution in [-0.2, 0) is 0 Å². The van der Waals surface area contributed by atoms with E-state index in [4.69, 9.17) is 5.73 Å². The average Bonchev–Trinajstić information content (AvgIpc) is 2.77. The summed E-state index contributed by atoms with van der Waals surface area (Å²) in [4.78, 5) is 2.67. The molecule has 2 N–H and O–H groups in total. The van der Waals surface area contributed by atoms with Gasteiger partial charge in [-0.15, -0.1) is 0 Å².